The fraction of sp³-hybridized carbons (Fsp3) is 0. The van der Waals surface area contributed by atoms with Gasteiger partial charge >= 0.3 is 0 Å². The van der Waals surface area contributed by atoms with E-state index in [4.69, 9.17) is 12.2 Å². The molecule has 4 heteroatoms. The van der Waals surface area contributed by atoms with Crippen LogP contribution in [0.1, 0.15) is 0 Å². The molecular formula is C14H11N3S. The predicted molar refractivity (Wildman–Crippen MR) is 77.8 cm³/mol. The van der Waals surface area contributed by atoms with E-state index in [-0.39, 0.29) is 0 Å². The molecule has 88 valence electrons. The number of fused-ring (bicyclic) bond motifs is 1. The number of para-hydroxylation sites is 2. The Morgan fingerprint density at radius 3 is 2.56 bits per heavy atom. The highest BCUT2D eigenvalue weighted by molar-refractivity contribution is 7.80. The summed E-state index contributed by atoms with van der Waals surface area (Å²) in [7, 11) is 0. The molecule has 1 N–H and O–H groups in total. The minimum absolute atomic E-state index is 0.572. The number of nitrogens with zero attached hydrogens (tertiary/aromatic N) is 2. The molecule has 0 spiro atoms. The Morgan fingerprint density at radius 2 is 1.72 bits per heavy atom. The third kappa shape index (κ3) is 1.98. The maximum atomic E-state index is 5.37. The van der Waals surface area contributed by atoms with Crippen molar-refractivity contribution in [1.29, 1.82) is 0 Å². The summed E-state index contributed by atoms with van der Waals surface area (Å²) in [4.78, 5) is 0. The van der Waals surface area contributed by atoms with Crippen LogP contribution in [0.2, 0.25) is 0 Å². The molecule has 1 heterocycles. The molecule has 0 bridgehead atoms. The lowest BCUT2D eigenvalue weighted by Crippen LogP contribution is -2.19. The average Bonchev–Trinajstić information content (AvgIpc) is 2.84. The fourth-order valence-corrected chi connectivity index (χ4v) is 2.09. The van der Waals surface area contributed by atoms with Gasteiger partial charge < -0.3 is 5.32 Å². The van der Waals surface area contributed by atoms with E-state index in [1.807, 2.05) is 60.8 Å². The van der Waals surface area contributed by atoms with E-state index in [0.717, 1.165) is 16.6 Å². The first-order chi connectivity index (χ1) is 8.84. The van der Waals surface area contributed by atoms with Crippen molar-refractivity contribution in [2.75, 3.05) is 5.32 Å². The van der Waals surface area contributed by atoms with E-state index in [9.17, 15) is 0 Å². The fourth-order valence-electron chi connectivity index (χ4n) is 1.83. The molecule has 0 unspecified atom stereocenters. The lowest BCUT2D eigenvalue weighted by Gasteiger charge is -2.08. The van der Waals surface area contributed by atoms with E-state index in [1.165, 1.54) is 0 Å². The maximum absolute atomic E-state index is 5.37. The topological polar surface area (TPSA) is 29.9 Å². The molecule has 3 rings (SSSR count). The number of hydrogen-bond donors (Lipinski definition) is 1. The Labute approximate surface area is 110 Å². The zero-order valence-corrected chi connectivity index (χ0v) is 10.4. The van der Waals surface area contributed by atoms with E-state index < -0.39 is 0 Å². The third-order valence-electron chi connectivity index (χ3n) is 2.69. The highest BCUT2D eigenvalue weighted by Gasteiger charge is 2.06. The van der Waals surface area contributed by atoms with Crippen LogP contribution in [0.3, 0.4) is 0 Å². The van der Waals surface area contributed by atoms with Crippen LogP contribution >= 0.6 is 12.2 Å². The second-order valence-electron chi connectivity index (χ2n) is 3.91. The maximum Gasteiger partial charge on any atom is 0.199 e. The normalized spacial score (nSPS) is 10.4. The van der Waals surface area contributed by atoms with Crippen LogP contribution in [-0.2, 0) is 0 Å². The van der Waals surface area contributed by atoms with Gasteiger partial charge in [0.05, 0.1) is 11.7 Å². The van der Waals surface area contributed by atoms with Crippen LogP contribution in [0, 0.1) is 0 Å². The molecule has 0 aliphatic heterocycles. The number of thiocarbonyl (C=S) groups is 1. The molecule has 0 fully saturated rings. The van der Waals surface area contributed by atoms with Gasteiger partial charge in [0, 0.05) is 11.1 Å². The monoisotopic (exact) mass is 253 g/mol. The molecule has 0 radical (unpaired) electrons. The lowest BCUT2D eigenvalue weighted by atomic mass is 10.3. The Morgan fingerprint density at radius 1 is 1.00 bits per heavy atom. The van der Waals surface area contributed by atoms with Gasteiger partial charge in [0.15, 0.2) is 5.11 Å². The van der Waals surface area contributed by atoms with Crippen LogP contribution in [-0.4, -0.2) is 14.9 Å². The molecule has 1 aromatic heterocycles. The van der Waals surface area contributed by atoms with Crippen LogP contribution in [0.5, 0.6) is 0 Å². The van der Waals surface area contributed by atoms with Crippen LogP contribution < -0.4 is 5.32 Å². The molecule has 3 nitrogen and oxygen atoms in total. The summed E-state index contributed by atoms with van der Waals surface area (Å²) in [5, 5.41) is 9.12. The zero-order chi connectivity index (χ0) is 12.4. The van der Waals surface area contributed by atoms with Crippen molar-refractivity contribution in [2.24, 2.45) is 0 Å². The van der Waals surface area contributed by atoms with Crippen molar-refractivity contribution >= 4 is 33.9 Å². The van der Waals surface area contributed by atoms with E-state index in [2.05, 4.69) is 10.4 Å². The quantitative estimate of drug-likeness (QED) is 0.675. The summed E-state index contributed by atoms with van der Waals surface area (Å²) in [5.74, 6) is 0. The highest BCUT2D eigenvalue weighted by Crippen LogP contribution is 2.13. The molecule has 0 saturated heterocycles. The van der Waals surface area contributed by atoms with E-state index >= 15 is 0 Å². The van der Waals surface area contributed by atoms with Gasteiger partial charge in [-0.2, -0.15) is 5.10 Å². The van der Waals surface area contributed by atoms with Crippen LogP contribution in [0.15, 0.2) is 60.8 Å². The minimum atomic E-state index is 0.572. The van der Waals surface area contributed by atoms with E-state index in [0.29, 0.717) is 5.11 Å². The summed E-state index contributed by atoms with van der Waals surface area (Å²) in [6.07, 6.45) is 1.81. The van der Waals surface area contributed by atoms with Gasteiger partial charge in [0.2, 0.25) is 0 Å². The lowest BCUT2D eigenvalue weighted by molar-refractivity contribution is 0.978. The molecule has 0 aliphatic rings. The molecule has 0 amide bonds. The van der Waals surface area contributed by atoms with Gasteiger partial charge in [-0.25, -0.2) is 4.68 Å². The van der Waals surface area contributed by atoms with Gasteiger partial charge in [-0.1, -0.05) is 36.4 Å². The number of hydrogen-bond acceptors (Lipinski definition) is 2. The Balaban J connectivity index is 1.93. The molecule has 3 aromatic rings. The summed E-state index contributed by atoms with van der Waals surface area (Å²) < 4.78 is 1.73. The van der Waals surface area contributed by atoms with Crippen LogP contribution in [0.4, 0.5) is 5.69 Å². The highest BCUT2D eigenvalue weighted by atomic mass is 32.1. The number of nitrogens with one attached hydrogen (secondary N) is 1. The third-order valence-corrected chi connectivity index (χ3v) is 2.97. The second kappa shape index (κ2) is 4.58. The summed E-state index contributed by atoms with van der Waals surface area (Å²) >= 11 is 5.37. The Bertz CT molecular complexity index is 688. The molecular weight excluding hydrogens is 242 g/mol. The van der Waals surface area contributed by atoms with Gasteiger partial charge in [-0.05, 0) is 30.4 Å². The SMILES string of the molecule is S=C(Nc1ccccc1)n1ncc2ccccc21. The van der Waals surface area contributed by atoms with Crippen molar-refractivity contribution in [1.82, 2.24) is 9.78 Å². The Kier molecular flexibility index (Phi) is 2.78. The van der Waals surface area contributed by atoms with Crippen molar-refractivity contribution < 1.29 is 0 Å². The molecule has 0 atom stereocenters. The van der Waals surface area contributed by atoms with Gasteiger partial charge in [-0.3, -0.25) is 0 Å². The Hall–Kier alpha value is -2.20. The first-order valence-corrected chi connectivity index (χ1v) is 6.04. The summed E-state index contributed by atoms with van der Waals surface area (Å²) in [6, 6.07) is 17.8. The average molecular weight is 253 g/mol. The molecule has 0 saturated carbocycles. The van der Waals surface area contributed by atoms with Gasteiger partial charge in [0.1, 0.15) is 0 Å². The molecule has 0 aliphatic carbocycles. The minimum Gasteiger partial charge on any atom is -0.331 e. The first-order valence-electron chi connectivity index (χ1n) is 5.64. The summed E-state index contributed by atoms with van der Waals surface area (Å²) in [5.41, 5.74) is 1.97. The number of anilines is 1. The zero-order valence-electron chi connectivity index (χ0n) is 9.58. The van der Waals surface area contributed by atoms with Gasteiger partial charge in [-0.15, -0.1) is 0 Å². The molecule has 2 aromatic carbocycles. The van der Waals surface area contributed by atoms with E-state index in [1.54, 1.807) is 4.68 Å². The summed E-state index contributed by atoms with van der Waals surface area (Å²) in [6.45, 7) is 0. The number of benzene rings is 2. The number of aromatic nitrogens is 2. The standard InChI is InChI=1S/C14H11N3S/c18-14(16-12-7-2-1-3-8-12)17-13-9-5-4-6-11(13)10-15-17/h1-10H,(H,16,18). The smallest absolute Gasteiger partial charge is 0.199 e. The first kappa shape index (κ1) is 10.9. The van der Waals surface area contributed by atoms with Gasteiger partial charge in [0.25, 0.3) is 0 Å². The predicted octanol–water partition coefficient (Wildman–Crippen LogP) is 3.28. The molecule has 18 heavy (non-hydrogen) atoms. The van der Waals surface area contributed by atoms with Crippen molar-refractivity contribution in [3.63, 3.8) is 0 Å². The number of rotatable bonds is 1. The van der Waals surface area contributed by atoms with Crippen molar-refractivity contribution in [2.45, 2.75) is 0 Å². The van der Waals surface area contributed by atoms with Crippen molar-refractivity contribution in [3.05, 3.63) is 60.8 Å². The van der Waals surface area contributed by atoms with Crippen LogP contribution in [0.25, 0.3) is 10.9 Å². The second-order valence-corrected chi connectivity index (χ2v) is 4.30. The largest absolute Gasteiger partial charge is 0.331 e. The van der Waals surface area contributed by atoms with Crippen molar-refractivity contribution in [3.8, 4) is 0 Å².